The summed E-state index contributed by atoms with van der Waals surface area (Å²) >= 11 is 3.73. The smallest absolute Gasteiger partial charge is 0.0449 e. The van der Waals surface area contributed by atoms with Gasteiger partial charge in [-0.25, -0.2) is 0 Å². The molecule has 42 heavy (non-hydrogen) atoms. The Kier molecular flexibility index (Phi) is 6.29. The molecule has 0 aliphatic carbocycles. The molecule has 0 amide bonds. The summed E-state index contributed by atoms with van der Waals surface area (Å²) in [5.74, 6) is 0. The Morgan fingerprint density at radius 1 is 0.262 bits per heavy atom. The fourth-order valence-corrected chi connectivity index (χ4v) is 8.14. The predicted octanol–water partition coefficient (Wildman–Crippen LogP) is 12.5. The molecule has 6 aromatic carbocycles. The summed E-state index contributed by atoms with van der Waals surface area (Å²) in [6, 6.07) is 57.3. The van der Waals surface area contributed by atoms with Crippen molar-refractivity contribution >= 4 is 44.2 Å². The molecule has 0 fully saturated rings. The van der Waals surface area contributed by atoms with E-state index in [0.29, 0.717) is 0 Å². The average Bonchev–Trinajstić information content (AvgIpc) is 3.75. The number of thiophene rings is 2. The van der Waals surface area contributed by atoms with Crippen molar-refractivity contribution in [1.82, 2.24) is 0 Å². The van der Waals surface area contributed by atoms with Crippen LogP contribution in [-0.2, 0) is 0 Å². The Morgan fingerprint density at radius 2 is 0.643 bits per heavy atom. The minimum atomic E-state index is 1.25. The standard InChI is InChI=1S/C40H26S2/c1-3-12-27(13-4-1)35-22-24-37(41-35)38-25-23-36(42-38)29-16-11-17-30(26-29)40-33-20-9-7-18-31(33)39(28-14-5-2-6-15-28)32-19-8-10-21-34(32)40/h1-26H. The SMILES string of the molecule is c1ccc(-c2ccc(-c3ccc(-c4cccc(-c5c6ccccc6c(-c6ccccc6)c6ccccc56)c4)s3)s2)cc1. The molecule has 0 spiro atoms. The van der Waals surface area contributed by atoms with Crippen LogP contribution in [0.15, 0.2) is 158 Å². The summed E-state index contributed by atoms with van der Waals surface area (Å²) in [6.07, 6.45) is 0. The number of hydrogen-bond donors (Lipinski definition) is 0. The first-order valence-electron chi connectivity index (χ1n) is 14.2. The van der Waals surface area contributed by atoms with Gasteiger partial charge in [0.1, 0.15) is 0 Å². The van der Waals surface area contributed by atoms with Gasteiger partial charge >= 0.3 is 0 Å². The molecule has 0 aliphatic rings. The maximum atomic E-state index is 2.37. The average molecular weight is 571 g/mol. The lowest BCUT2D eigenvalue weighted by Crippen LogP contribution is -1.90. The lowest BCUT2D eigenvalue weighted by Gasteiger charge is -2.18. The minimum Gasteiger partial charge on any atom is -0.134 e. The van der Waals surface area contributed by atoms with Crippen molar-refractivity contribution < 1.29 is 0 Å². The Balaban J connectivity index is 1.25. The molecule has 2 aromatic heterocycles. The van der Waals surface area contributed by atoms with Crippen molar-refractivity contribution in [3.05, 3.63) is 158 Å². The molecule has 0 atom stereocenters. The Bertz CT molecular complexity index is 2130. The normalized spacial score (nSPS) is 11.3. The molecule has 0 radical (unpaired) electrons. The first-order chi connectivity index (χ1) is 20.8. The lowest BCUT2D eigenvalue weighted by molar-refractivity contribution is 1.65. The van der Waals surface area contributed by atoms with Gasteiger partial charge in [-0.2, -0.15) is 0 Å². The molecule has 0 nitrogen and oxygen atoms in total. The summed E-state index contributed by atoms with van der Waals surface area (Å²) < 4.78 is 0. The predicted molar refractivity (Wildman–Crippen MR) is 184 cm³/mol. The van der Waals surface area contributed by atoms with Gasteiger partial charge in [-0.3, -0.25) is 0 Å². The van der Waals surface area contributed by atoms with Crippen LogP contribution in [-0.4, -0.2) is 0 Å². The van der Waals surface area contributed by atoms with Gasteiger partial charge in [-0.15, -0.1) is 22.7 Å². The maximum absolute atomic E-state index is 2.37. The molecule has 0 saturated heterocycles. The van der Waals surface area contributed by atoms with Crippen molar-refractivity contribution in [3.63, 3.8) is 0 Å². The third kappa shape index (κ3) is 4.37. The highest BCUT2D eigenvalue weighted by Crippen LogP contribution is 2.45. The largest absolute Gasteiger partial charge is 0.134 e. The molecule has 0 N–H and O–H groups in total. The van der Waals surface area contributed by atoms with Gasteiger partial charge in [-0.05, 0) is 85.3 Å². The first-order valence-corrected chi connectivity index (χ1v) is 15.8. The third-order valence-corrected chi connectivity index (χ3v) is 10.4. The topological polar surface area (TPSA) is 0 Å². The molecule has 198 valence electrons. The zero-order chi connectivity index (χ0) is 27.9. The molecule has 2 heterocycles. The number of fused-ring (bicyclic) bond motifs is 2. The Hall–Kier alpha value is -4.76. The van der Waals surface area contributed by atoms with Crippen LogP contribution in [0.2, 0.25) is 0 Å². The Labute approximate surface area is 253 Å². The van der Waals surface area contributed by atoms with Crippen LogP contribution in [0.1, 0.15) is 0 Å². The summed E-state index contributed by atoms with van der Waals surface area (Å²) in [4.78, 5) is 5.22. The van der Waals surface area contributed by atoms with Gasteiger partial charge in [0.05, 0.1) is 0 Å². The van der Waals surface area contributed by atoms with Gasteiger partial charge in [-0.1, -0.05) is 127 Å². The van der Waals surface area contributed by atoms with Crippen LogP contribution in [0.25, 0.3) is 74.4 Å². The molecule has 0 bridgehead atoms. The number of rotatable bonds is 5. The van der Waals surface area contributed by atoms with Crippen molar-refractivity contribution in [2.24, 2.45) is 0 Å². The van der Waals surface area contributed by atoms with Gasteiger partial charge < -0.3 is 0 Å². The molecule has 0 unspecified atom stereocenters. The van der Waals surface area contributed by atoms with E-state index in [2.05, 4.69) is 158 Å². The highest BCUT2D eigenvalue weighted by atomic mass is 32.1. The van der Waals surface area contributed by atoms with Gasteiger partial charge in [0, 0.05) is 19.5 Å². The third-order valence-electron chi connectivity index (χ3n) is 7.94. The fraction of sp³-hybridized carbons (Fsp3) is 0. The summed E-state index contributed by atoms with van der Waals surface area (Å²) in [5, 5.41) is 5.14. The van der Waals surface area contributed by atoms with E-state index in [1.807, 2.05) is 22.7 Å². The molecule has 8 aromatic rings. The van der Waals surface area contributed by atoms with Crippen LogP contribution in [0.3, 0.4) is 0 Å². The van der Waals surface area contributed by atoms with E-state index < -0.39 is 0 Å². The van der Waals surface area contributed by atoms with Crippen molar-refractivity contribution in [2.45, 2.75) is 0 Å². The first kappa shape index (κ1) is 25.0. The summed E-state index contributed by atoms with van der Waals surface area (Å²) in [6.45, 7) is 0. The van der Waals surface area contributed by atoms with Crippen molar-refractivity contribution in [2.75, 3.05) is 0 Å². The minimum absolute atomic E-state index is 1.25. The molecule has 0 saturated carbocycles. The van der Waals surface area contributed by atoms with E-state index in [-0.39, 0.29) is 0 Å². The highest BCUT2D eigenvalue weighted by Gasteiger charge is 2.17. The van der Waals surface area contributed by atoms with E-state index in [1.165, 1.54) is 74.4 Å². The number of hydrogen-bond acceptors (Lipinski definition) is 2. The van der Waals surface area contributed by atoms with Gasteiger partial charge in [0.15, 0.2) is 0 Å². The second kappa shape index (κ2) is 10.6. The second-order valence-electron chi connectivity index (χ2n) is 10.5. The Morgan fingerprint density at radius 3 is 1.19 bits per heavy atom. The summed E-state index contributed by atoms with van der Waals surface area (Å²) in [7, 11) is 0. The van der Waals surface area contributed by atoms with E-state index in [4.69, 9.17) is 0 Å². The zero-order valence-electron chi connectivity index (χ0n) is 22.8. The van der Waals surface area contributed by atoms with E-state index in [0.717, 1.165) is 0 Å². The van der Waals surface area contributed by atoms with Crippen molar-refractivity contribution in [1.29, 1.82) is 0 Å². The molecular formula is C40H26S2. The molecule has 0 aliphatic heterocycles. The maximum Gasteiger partial charge on any atom is 0.0449 e. The van der Waals surface area contributed by atoms with Gasteiger partial charge in [0.25, 0.3) is 0 Å². The van der Waals surface area contributed by atoms with E-state index >= 15 is 0 Å². The lowest BCUT2D eigenvalue weighted by atomic mass is 9.85. The molecular weight excluding hydrogens is 545 g/mol. The monoisotopic (exact) mass is 570 g/mol. The number of benzene rings is 6. The van der Waals surface area contributed by atoms with Gasteiger partial charge in [0.2, 0.25) is 0 Å². The van der Waals surface area contributed by atoms with E-state index in [9.17, 15) is 0 Å². The zero-order valence-corrected chi connectivity index (χ0v) is 24.5. The van der Waals surface area contributed by atoms with Crippen LogP contribution in [0, 0.1) is 0 Å². The summed E-state index contributed by atoms with van der Waals surface area (Å²) in [5.41, 5.74) is 7.62. The quantitative estimate of drug-likeness (QED) is 0.181. The van der Waals surface area contributed by atoms with Crippen LogP contribution >= 0.6 is 22.7 Å². The van der Waals surface area contributed by atoms with Crippen LogP contribution in [0.5, 0.6) is 0 Å². The van der Waals surface area contributed by atoms with Crippen molar-refractivity contribution in [3.8, 4) is 52.9 Å². The molecule has 2 heteroatoms. The molecule has 8 rings (SSSR count). The fourth-order valence-electron chi connectivity index (χ4n) is 6.04. The van der Waals surface area contributed by atoms with Crippen LogP contribution < -0.4 is 0 Å². The van der Waals surface area contributed by atoms with Crippen LogP contribution in [0.4, 0.5) is 0 Å². The highest BCUT2D eigenvalue weighted by molar-refractivity contribution is 7.25. The van der Waals surface area contributed by atoms with E-state index in [1.54, 1.807) is 0 Å². The second-order valence-corrected chi connectivity index (χ2v) is 12.6.